The molecule has 0 bridgehead atoms. The summed E-state index contributed by atoms with van der Waals surface area (Å²) in [6, 6.07) is 3.76. The normalized spacial score (nSPS) is 13.7. The molecule has 3 N–H and O–H groups in total. The van der Waals surface area contributed by atoms with Crippen molar-refractivity contribution in [2.75, 3.05) is 18.4 Å². The quantitative estimate of drug-likeness (QED) is 0.691. The van der Waals surface area contributed by atoms with Crippen molar-refractivity contribution in [3.05, 3.63) is 23.9 Å². The fourth-order valence-electron chi connectivity index (χ4n) is 1.65. The summed E-state index contributed by atoms with van der Waals surface area (Å²) in [5.74, 6) is 0.315. The molecule has 0 aliphatic heterocycles. The summed E-state index contributed by atoms with van der Waals surface area (Å²) in [6.07, 6.45) is 4.60. The highest BCUT2D eigenvalue weighted by atomic mass is 16.2. The van der Waals surface area contributed by atoms with Gasteiger partial charge in [-0.3, -0.25) is 9.59 Å². The van der Waals surface area contributed by atoms with Gasteiger partial charge in [-0.2, -0.15) is 0 Å². The third-order valence-corrected chi connectivity index (χ3v) is 2.93. The summed E-state index contributed by atoms with van der Waals surface area (Å²) in [5, 5.41) is 8.53. The van der Waals surface area contributed by atoms with E-state index in [1.54, 1.807) is 12.1 Å². The predicted molar refractivity (Wildman–Crippen MR) is 76.5 cm³/mol. The summed E-state index contributed by atoms with van der Waals surface area (Å²) in [4.78, 5) is 27.4. The van der Waals surface area contributed by atoms with Crippen molar-refractivity contribution in [1.82, 2.24) is 15.6 Å². The number of carbonyl (C=O) groups excluding carboxylic acids is 2. The Labute approximate surface area is 118 Å². The van der Waals surface area contributed by atoms with E-state index in [1.165, 1.54) is 6.20 Å². The number of aromatic nitrogens is 1. The van der Waals surface area contributed by atoms with E-state index < -0.39 is 0 Å². The Morgan fingerprint density at radius 3 is 2.75 bits per heavy atom. The van der Waals surface area contributed by atoms with Gasteiger partial charge in [0, 0.05) is 18.8 Å². The molecular formula is C14H20N4O2. The van der Waals surface area contributed by atoms with Crippen LogP contribution in [0.3, 0.4) is 0 Å². The van der Waals surface area contributed by atoms with Crippen LogP contribution in [0, 0.1) is 0 Å². The Bertz CT molecular complexity index is 469. The van der Waals surface area contributed by atoms with Crippen LogP contribution in [0.1, 0.15) is 36.5 Å². The molecule has 1 aromatic heterocycles. The van der Waals surface area contributed by atoms with Gasteiger partial charge in [-0.05, 0) is 31.4 Å². The lowest BCUT2D eigenvalue weighted by Crippen LogP contribution is -2.37. The van der Waals surface area contributed by atoms with E-state index in [4.69, 9.17) is 0 Å². The number of hydrogen-bond acceptors (Lipinski definition) is 4. The number of carbonyl (C=O) groups is 2. The zero-order valence-corrected chi connectivity index (χ0v) is 11.6. The summed E-state index contributed by atoms with van der Waals surface area (Å²) in [7, 11) is 0. The maximum absolute atomic E-state index is 11.8. The molecule has 1 heterocycles. The summed E-state index contributed by atoms with van der Waals surface area (Å²) in [5.41, 5.74) is 0.450. The average Bonchev–Trinajstić information content (AvgIpc) is 3.27. The fourth-order valence-corrected chi connectivity index (χ4v) is 1.65. The second-order valence-electron chi connectivity index (χ2n) is 4.88. The van der Waals surface area contributed by atoms with Crippen LogP contribution in [-0.2, 0) is 4.79 Å². The van der Waals surface area contributed by atoms with Gasteiger partial charge < -0.3 is 16.0 Å². The minimum Gasteiger partial charge on any atom is -0.370 e. The van der Waals surface area contributed by atoms with Gasteiger partial charge in [-0.1, -0.05) is 6.92 Å². The van der Waals surface area contributed by atoms with Gasteiger partial charge in [0.2, 0.25) is 5.91 Å². The molecule has 0 atom stereocenters. The molecule has 1 fully saturated rings. The molecule has 1 aliphatic carbocycles. The lowest BCUT2D eigenvalue weighted by molar-refractivity contribution is -0.120. The Hall–Kier alpha value is -2.11. The SMILES string of the molecule is CCCNc1ccc(C(=O)NCC(=O)NC2CC2)cn1. The lowest BCUT2D eigenvalue weighted by Gasteiger charge is -2.07. The van der Waals surface area contributed by atoms with Crippen molar-refractivity contribution in [1.29, 1.82) is 0 Å². The molecule has 0 aromatic carbocycles. The third-order valence-electron chi connectivity index (χ3n) is 2.93. The van der Waals surface area contributed by atoms with Crippen LogP contribution in [0.15, 0.2) is 18.3 Å². The van der Waals surface area contributed by atoms with Crippen molar-refractivity contribution in [2.45, 2.75) is 32.2 Å². The molecule has 1 aliphatic rings. The molecule has 20 heavy (non-hydrogen) atoms. The number of hydrogen-bond donors (Lipinski definition) is 3. The zero-order chi connectivity index (χ0) is 14.4. The molecule has 0 radical (unpaired) electrons. The van der Waals surface area contributed by atoms with Gasteiger partial charge in [0.05, 0.1) is 12.1 Å². The number of pyridine rings is 1. The van der Waals surface area contributed by atoms with E-state index in [-0.39, 0.29) is 18.4 Å². The largest absolute Gasteiger partial charge is 0.370 e. The molecule has 1 saturated carbocycles. The van der Waals surface area contributed by atoms with Crippen LogP contribution in [0.5, 0.6) is 0 Å². The summed E-state index contributed by atoms with van der Waals surface area (Å²) < 4.78 is 0. The number of amides is 2. The van der Waals surface area contributed by atoms with Gasteiger partial charge in [0.25, 0.3) is 5.91 Å². The maximum atomic E-state index is 11.8. The fraction of sp³-hybridized carbons (Fsp3) is 0.500. The lowest BCUT2D eigenvalue weighted by atomic mass is 10.2. The van der Waals surface area contributed by atoms with Crippen LogP contribution >= 0.6 is 0 Å². The maximum Gasteiger partial charge on any atom is 0.253 e. The smallest absolute Gasteiger partial charge is 0.253 e. The van der Waals surface area contributed by atoms with Crippen molar-refractivity contribution >= 4 is 17.6 Å². The number of anilines is 1. The van der Waals surface area contributed by atoms with Crippen LogP contribution in [-0.4, -0.2) is 35.9 Å². The van der Waals surface area contributed by atoms with Crippen LogP contribution in [0.2, 0.25) is 0 Å². The topological polar surface area (TPSA) is 83.1 Å². The van der Waals surface area contributed by atoms with Gasteiger partial charge in [-0.25, -0.2) is 4.98 Å². The molecule has 2 rings (SSSR count). The van der Waals surface area contributed by atoms with Crippen molar-refractivity contribution in [3.8, 4) is 0 Å². The molecule has 2 amide bonds. The van der Waals surface area contributed by atoms with Crippen LogP contribution in [0.4, 0.5) is 5.82 Å². The minimum absolute atomic E-state index is 0.00513. The Morgan fingerprint density at radius 2 is 2.15 bits per heavy atom. The standard InChI is InChI=1S/C14H20N4O2/c1-2-7-15-12-6-3-10(8-16-12)14(20)17-9-13(19)18-11-4-5-11/h3,6,8,11H,2,4-5,7,9H2,1H3,(H,15,16)(H,17,20)(H,18,19). The van der Waals surface area contributed by atoms with Crippen LogP contribution in [0.25, 0.3) is 0 Å². The molecule has 0 unspecified atom stereocenters. The Kier molecular flexibility index (Phi) is 4.92. The molecule has 108 valence electrons. The summed E-state index contributed by atoms with van der Waals surface area (Å²) in [6.45, 7) is 2.92. The Balaban J connectivity index is 1.77. The van der Waals surface area contributed by atoms with E-state index >= 15 is 0 Å². The van der Waals surface area contributed by atoms with Crippen molar-refractivity contribution in [2.24, 2.45) is 0 Å². The number of rotatable bonds is 7. The van der Waals surface area contributed by atoms with Gasteiger partial charge >= 0.3 is 0 Å². The molecule has 6 heteroatoms. The first-order valence-corrected chi connectivity index (χ1v) is 6.96. The summed E-state index contributed by atoms with van der Waals surface area (Å²) >= 11 is 0. The van der Waals surface area contributed by atoms with E-state index in [9.17, 15) is 9.59 Å². The van der Waals surface area contributed by atoms with Crippen molar-refractivity contribution in [3.63, 3.8) is 0 Å². The first-order valence-electron chi connectivity index (χ1n) is 6.96. The molecular weight excluding hydrogens is 256 g/mol. The third kappa shape index (κ3) is 4.53. The monoisotopic (exact) mass is 276 g/mol. The van der Waals surface area contributed by atoms with Crippen molar-refractivity contribution < 1.29 is 9.59 Å². The highest BCUT2D eigenvalue weighted by molar-refractivity contribution is 5.96. The van der Waals surface area contributed by atoms with Crippen LogP contribution < -0.4 is 16.0 Å². The second-order valence-corrected chi connectivity index (χ2v) is 4.88. The van der Waals surface area contributed by atoms with E-state index in [2.05, 4.69) is 27.9 Å². The van der Waals surface area contributed by atoms with Gasteiger partial charge in [0.15, 0.2) is 0 Å². The number of nitrogens with one attached hydrogen (secondary N) is 3. The predicted octanol–water partition coefficient (Wildman–Crippen LogP) is 0.912. The first kappa shape index (κ1) is 14.3. The van der Waals surface area contributed by atoms with E-state index in [0.29, 0.717) is 11.6 Å². The first-order chi connectivity index (χ1) is 9.69. The van der Waals surface area contributed by atoms with Gasteiger partial charge in [-0.15, -0.1) is 0 Å². The second kappa shape index (κ2) is 6.88. The molecule has 0 saturated heterocycles. The Morgan fingerprint density at radius 1 is 1.35 bits per heavy atom. The van der Waals surface area contributed by atoms with E-state index in [0.717, 1.165) is 31.6 Å². The molecule has 6 nitrogen and oxygen atoms in total. The molecule has 0 spiro atoms. The highest BCUT2D eigenvalue weighted by Crippen LogP contribution is 2.18. The van der Waals surface area contributed by atoms with Gasteiger partial charge in [0.1, 0.15) is 5.82 Å². The zero-order valence-electron chi connectivity index (χ0n) is 11.6. The highest BCUT2D eigenvalue weighted by Gasteiger charge is 2.23. The number of nitrogens with zero attached hydrogens (tertiary/aromatic N) is 1. The average molecular weight is 276 g/mol. The molecule has 1 aromatic rings. The minimum atomic E-state index is -0.287. The van der Waals surface area contributed by atoms with E-state index in [1.807, 2.05) is 0 Å².